The molecule has 1 N–H and O–H groups in total. The number of aromatic nitrogens is 2. The second-order valence-electron chi connectivity index (χ2n) is 4.44. The molecule has 1 aromatic heterocycles. The number of hydroxylamine groups is 1. The zero-order chi connectivity index (χ0) is 14.7. The van der Waals surface area contributed by atoms with Crippen LogP contribution < -0.4 is 5.48 Å². The van der Waals surface area contributed by atoms with E-state index in [4.69, 9.17) is 4.84 Å². The smallest absolute Gasteiger partial charge is 0.335 e. The molecule has 2 rings (SSSR count). The molecular formula is C14H15N3O3. The van der Waals surface area contributed by atoms with E-state index in [2.05, 4.69) is 10.6 Å². The second-order valence-corrected chi connectivity index (χ2v) is 4.44. The van der Waals surface area contributed by atoms with Crippen LogP contribution in [0.3, 0.4) is 0 Å². The van der Waals surface area contributed by atoms with Gasteiger partial charge in [-0.3, -0.25) is 9.48 Å². The van der Waals surface area contributed by atoms with E-state index in [1.165, 1.54) is 4.68 Å². The summed E-state index contributed by atoms with van der Waals surface area (Å²) in [5.74, 6) is -1.10. The average Bonchev–Trinajstić information content (AvgIpc) is 2.75. The van der Waals surface area contributed by atoms with E-state index in [0.29, 0.717) is 16.8 Å². The normalized spacial score (nSPS) is 10.2. The number of amides is 1. The zero-order valence-corrected chi connectivity index (χ0v) is 11.5. The molecule has 20 heavy (non-hydrogen) atoms. The third-order valence-corrected chi connectivity index (χ3v) is 2.86. The maximum Gasteiger partial charge on any atom is 0.363 e. The van der Waals surface area contributed by atoms with Crippen LogP contribution in [0.25, 0.3) is 0 Å². The summed E-state index contributed by atoms with van der Waals surface area (Å²) in [5.41, 5.74) is 4.26. The number of hydrogen-bond donors (Lipinski definition) is 1. The summed E-state index contributed by atoms with van der Waals surface area (Å²) in [6, 6.07) is 6.99. The number of nitrogens with one attached hydrogen (secondary N) is 1. The number of carbonyl (C=O) groups excluding carboxylic acids is 2. The summed E-state index contributed by atoms with van der Waals surface area (Å²) in [6.45, 7) is 3.50. The van der Waals surface area contributed by atoms with Crippen LogP contribution in [0.15, 0.2) is 30.5 Å². The van der Waals surface area contributed by atoms with Gasteiger partial charge in [-0.25, -0.2) is 4.79 Å². The van der Waals surface area contributed by atoms with Gasteiger partial charge in [0.15, 0.2) is 0 Å². The van der Waals surface area contributed by atoms with Crippen LogP contribution in [-0.4, -0.2) is 21.7 Å². The number of hydrogen-bond acceptors (Lipinski definition) is 4. The van der Waals surface area contributed by atoms with E-state index in [-0.39, 0.29) is 0 Å². The molecule has 104 valence electrons. The van der Waals surface area contributed by atoms with Gasteiger partial charge in [-0.1, -0.05) is 18.2 Å². The van der Waals surface area contributed by atoms with Crippen LogP contribution >= 0.6 is 0 Å². The monoisotopic (exact) mass is 273 g/mol. The molecule has 6 nitrogen and oxygen atoms in total. The molecule has 0 spiro atoms. The quantitative estimate of drug-likeness (QED) is 0.842. The lowest BCUT2D eigenvalue weighted by Crippen LogP contribution is -2.27. The van der Waals surface area contributed by atoms with Gasteiger partial charge in [0.25, 0.3) is 5.91 Å². The standard InChI is InChI=1S/C14H15N3O3/c1-9-6-4-5-7-11(9)14(19)20-16-13(18)12-8-17(3)15-10(12)2/h4-8H,1-3H3,(H,16,18). The van der Waals surface area contributed by atoms with Crippen molar-refractivity contribution in [2.24, 2.45) is 7.05 Å². The molecule has 0 atom stereocenters. The highest BCUT2D eigenvalue weighted by Gasteiger charge is 2.16. The molecule has 1 heterocycles. The van der Waals surface area contributed by atoms with Crippen molar-refractivity contribution in [3.63, 3.8) is 0 Å². The Morgan fingerprint density at radius 1 is 1.20 bits per heavy atom. The van der Waals surface area contributed by atoms with E-state index >= 15 is 0 Å². The van der Waals surface area contributed by atoms with Crippen LogP contribution in [0.2, 0.25) is 0 Å². The Hall–Kier alpha value is -2.63. The minimum absolute atomic E-state index is 0.366. The van der Waals surface area contributed by atoms with Crippen LogP contribution in [0.1, 0.15) is 32.0 Å². The maximum atomic E-state index is 11.9. The molecule has 2 aromatic rings. The van der Waals surface area contributed by atoms with Crippen molar-refractivity contribution in [2.45, 2.75) is 13.8 Å². The van der Waals surface area contributed by atoms with Crippen molar-refractivity contribution in [1.29, 1.82) is 0 Å². The van der Waals surface area contributed by atoms with Gasteiger partial charge in [0.1, 0.15) is 0 Å². The number of rotatable bonds is 2. The minimum atomic E-state index is -0.599. The average molecular weight is 273 g/mol. The highest BCUT2D eigenvalue weighted by atomic mass is 16.7. The molecule has 1 amide bonds. The van der Waals surface area contributed by atoms with Crippen molar-refractivity contribution in [1.82, 2.24) is 15.3 Å². The predicted octanol–water partition coefficient (Wildman–Crippen LogP) is 1.54. The fourth-order valence-corrected chi connectivity index (χ4v) is 1.83. The Balaban J connectivity index is 2.02. The molecule has 1 aromatic carbocycles. The van der Waals surface area contributed by atoms with Gasteiger partial charge in [-0.05, 0) is 25.5 Å². The molecule has 0 aliphatic heterocycles. The third-order valence-electron chi connectivity index (χ3n) is 2.86. The van der Waals surface area contributed by atoms with Crippen molar-refractivity contribution < 1.29 is 14.4 Å². The lowest BCUT2D eigenvalue weighted by Gasteiger charge is -2.06. The van der Waals surface area contributed by atoms with Crippen LogP contribution in [0.5, 0.6) is 0 Å². The fraction of sp³-hybridized carbons (Fsp3) is 0.214. The summed E-state index contributed by atoms with van der Waals surface area (Å²) < 4.78 is 1.52. The second kappa shape index (κ2) is 5.56. The van der Waals surface area contributed by atoms with Crippen LogP contribution in [0, 0.1) is 13.8 Å². The number of carbonyl (C=O) groups is 2. The van der Waals surface area contributed by atoms with Crippen molar-refractivity contribution in [2.75, 3.05) is 0 Å². The lowest BCUT2D eigenvalue weighted by atomic mass is 10.1. The highest BCUT2D eigenvalue weighted by molar-refractivity contribution is 5.96. The van der Waals surface area contributed by atoms with Gasteiger partial charge in [0.05, 0.1) is 16.8 Å². The Labute approximate surface area is 116 Å². The van der Waals surface area contributed by atoms with E-state index < -0.39 is 11.9 Å². The van der Waals surface area contributed by atoms with Gasteiger partial charge in [-0.2, -0.15) is 10.6 Å². The number of aryl methyl sites for hydroxylation is 3. The molecule has 0 saturated carbocycles. The first-order valence-corrected chi connectivity index (χ1v) is 6.06. The number of benzene rings is 1. The van der Waals surface area contributed by atoms with Gasteiger partial charge >= 0.3 is 5.97 Å². The summed E-state index contributed by atoms with van der Waals surface area (Å²) in [7, 11) is 1.71. The molecule has 0 aliphatic carbocycles. The molecule has 0 bridgehead atoms. The fourth-order valence-electron chi connectivity index (χ4n) is 1.83. The Bertz CT molecular complexity index is 661. The first-order valence-electron chi connectivity index (χ1n) is 6.06. The summed E-state index contributed by atoms with van der Waals surface area (Å²) >= 11 is 0. The molecule has 0 unspecified atom stereocenters. The maximum absolute atomic E-state index is 11.9. The van der Waals surface area contributed by atoms with Crippen molar-refractivity contribution in [3.05, 3.63) is 52.8 Å². The predicted molar refractivity (Wildman–Crippen MR) is 72.0 cm³/mol. The van der Waals surface area contributed by atoms with Crippen molar-refractivity contribution >= 4 is 11.9 Å². The largest absolute Gasteiger partial charge is 0.363 e. The highest BCUT2D eigenvalue weighted by Crippen LogP contribution is 2.08. The van der Waals surface area contributed by atoms with Crippen molar-refractivity contribution in [3.8, 4) is 0 Å². The summed E-state index contributed by atoms with van der Waals surface area (Å²) in [6.07, 6.45) is 1.56. The van der Waals surface area contributed by atoms with E-state index in [0.717, 1.165) is 5.56 Å². The first-order chi connectivity index (χ1) is 9.49. The molecule has 0 radical (unpaired) electrons. The minimum Gasteiger partial charge on any atom is -0.335 e. The molecule has 0 aliphatic rings. The van der Waals surface area contributed by atoms with Crippen LogP contribution in [-0.2, 0) is 11.9 Å². The van der Waals surface area contributed by atoms with Gasteiger partial charge in [0.2, 0.25) is 0 Å². The topological polar surface area (TPSA) is 73.2 Å². The lowest BCUT2D eigenvalue weighted by molar-refractivity contribution is 0.0229. The Morgan fingerprint density at radius 2 is 1.90 bits per heavy atom. The van der Waals surface area contributed by atoms with Crippen LogP contribution in [0.4, 0.5) is 0 Å². The summed E-state index contributed by atoms with van der Waals surface area (Å²) in [5, 5.41) is 4.05. The Kier molecular flexibility index (Phi) is 3.84. The SMILES string of the molecule is Cc1ccccc1C(=O)ONC(=O)c1cn(C)nc1C. The molecule has 0 fully saturated rings. The Morgan fingerprint density at radius 3 is 2.50 bits per heavy atom. The van der Waals surface area contributed by atoms with Gasteiger partial charge < -0.3 is 4.84 Å². The molecule has 6 heteroatoms. The van der Waals surface area contributed by atoms with Gasteiger partial charge in [0, 0.05) is 13.2 Å². The van der Waals surface area contributed by atoms with E-state index in [1.807, 2.05) is 6.07 Å². The van der Waals surface area contributed by atoms with E-state index in [9.17, 15) is 9.59 Å². The van der Waals surface area contributed by atoms with Gasteiger partial charge in [-0.15, -0.1) is 0 Å². The summed E-state index contributed by atoms with van der Waals surface area (Å²) in [4.78, 5) is 28.5. The zero-order valence-electron chi connectivity index (χ0n) is 11.5. The van der Waals surface area contributed by atoms with E-state index in [1.54, 1.807) is 45.3 Å². The third kappa shape index (κ3) is 2.85. The molecule has 0 saturated heterocycles. The number of nitrogens with zero attached hydrogens (tertiary/aromatic N) is 2. The first kappa shape index (κ1) is 13.8. The molecular weight excluding hydrogens is 258 g/mol.